The minimum absolute atomic E-state index is 0.193. The van der Waals surface area contributed by atoms with Crippen LogP contribution in [0.2, 0.25) is 0 Å². The maximum atomic E-state index is 13.2. The molecule has 5 rings (SSSR count). The summed E-state index contributed by atoms with van der Waals surface area (Å²) in [6, 6.07) is 14.4. The SMILES string of the molecule is COc1ccc(C2OC(=O)c3ncc4c(c32)c2ccccc2n4S(=O)(=O)N(C)C)cc1. The van der Waals surface area contributed by atoms with Crippen LogP contribution in [0.25, 0.3) is 21.8 Å². The van der Waals surface area contributed by atoms with E-state index in [9.17, 15) is 13.2 Å². The molecule has 0 aliphatic carbocycles. The molecule has 2 aromatic carbocycles. The first kappa shape index (κ1) is 19.5. The average Bonchev–Trinajstić information content (AvgIpc) is 3.29. The summed E-state index contributed by atoms with van der Waals surface area (Å²) in [5.74, 6) is 0.142. The predicted molar refractivity (Wildman–Crippen MR) is 115 cm³/mol. The summed E-state index contributed by atoms with van der Waals surface area (Å²) in [5, 5.41) is 1.34. The lowest BCUT2D eigenvalue weighted by Gasteiger charge is -2.15. The second-order valence-electron chi connectivity index (χ2n) is 7.41. The van der Waals surface area contributed by atoms with Crippen molar-refractivity contribution in [2.45, 2.75) is 6.10 Å². The third-order valence-corrected chi connectivity index (χ3v) is 7.28. The van der Waals surface area contributed by atoms with Crippen LogP contribution >= 0.6 is 0 Å². The van der Waals surface area contributed by atoms with Gasteiger partial charge in [-0.2, -0.15) is 12.7 Å². The molecule has 31 heavy (non-hydrogen) atoms. The van der Waals surface area contributed by atoms with Gasteiger partial charge in [-0.1, -0.05) is 30.3 Å². The summed E-state index contributed by atoms with van der Waals surface area (Å²) in [5.41, 5.74) is 2.41. The van der Waals surface area contributed by atoms with Crippen molar-refractivity contribution in [1.29, 1.82) is 0 Å². The molecule has 0 spiro atoms. The number of benzene rings is 2. The summed E-state index contributed by atoms with van der Waals surface area (Å²) in [4.78, 5) is 16.9. The van der Waals surface area contributed by atoms with Crippen molar-refractivity contribution in [3.8, 4) is 5.75 Å². The maximum absolute atomic E-state index is 13.2. The van der Waals surface area contributed by atoms with E-state index in [1.165, 1.54) is 24.3 Å². The topological polar surface area (TPSA) is 90.7 Å². The van der Waals surface area contributed by atoms with Crippen LogP contribution in [0.1, 0.15) is 27.7 Å². The van der Waals surface area contributed by atoms with Crippen LogP contribution in [-0.4, -0.2) is 48.9 Å². The van der Waals surface area contributed by atoms with Gasteiger partial charge >= 0.3 is 16.2 Å². The highest BCUT2D eigenvalue weighted by Crippen LogP contribution is 2.43. The van der Waals surface area contributed by atoms with Crippen molar-refractivity contribution in [2.24, 2.45) is 0 Å². The zero-order chi connectivity index (χ0) is 21.9. The number of aromatic nitrogens is 2. The van der Waals surface area contributed by atoms with Crippen molar-refractivity contribution in [3.05, 3.63) is 71.5 Å². The number of methoxy groups -OCH3 is 1. The number of carbonyl (C=O) groups excluding carboxylic acids is 1. The lowest BCUT2D eigenvalue weighted by Crippen LogP contribution is -2.28. The minimum Gasteiger partial charge on any atom is -0.497 e. The Hall–Kier alpha value is -3.43. The molecule has 2 aromatic heterocycles. The van der Waals surface area contributed by atoms with Crippen molar-refractivity contribution in [1.82, 2.24) is 13.3 Å². The second-order valence-corrected chi connectivity index (χ2v) is 9.40. The summed E-state index contributed by atoms with van der Waals surface area (Å²) >= 11 is 0. The molecule has 0 N–H and O–H groups in total. The highest BCUT2D eigenvalue weighted by Gasteiger charge is 2.38. The standard InChI is InChI=1S/C22H19N3O5S/c1-24(2)31(27,28)25-16-7-5-4-6-15(16)18-17(25)12-23-20-19(18)21(30-22(20)26)13-8-10-14(29-3)11-9-13/h4-12,21H,1-3H3. The lowest BCUT2D eigenvalue weighted by atomic mass is 9.97. The molecular weight excluding hydrogens is 418 g/mol. The van der Waals surface area contributed by atoms with Gasteiger partial charge in [0.05, 0.1) is 24.3 Å². The molecule has 158 valence electrons. The first-order valence-corrected chi connectivity index (χ1v) is 10.9. The minimum atomic E-state index is -3.84. The van der Waals surface area contributed by atoms with Gasteiger partial charge in [-0.05, 0) is 23.8 Å². The van der Waals surface area contributed by atoms with E-state index in [-0.39, 0.29) is 5.69 Å². The van der Waals surface area contributed by atoms with Gasteiger partial charge < -0.3 is 9.47 Å². The van der Waals surface area contributed by atoms with Crippen molar-refractivity contribution in [3.63, 3.8) is 0 Å². The normalized spacial score (nSPS) is 16.1. The fourth-order valence-electron chi connectivity index (χ4n) is 4.01. The number of hydrogen-bond donors (Lipinski definition) is 0. The molecule has 1 aliphatic heterocycles. The molecule has 3 heterocycles. The molecule has 0 saturated heterocycles. The van der Waals surface area contributed by atoms with Gasteiger partial charge in [0.2, 0.25) is 0 Å². The first-order chi connectivity index (χ1) is 14.8. The molecule has 0 fully saturated rings. The number of cyclic esters (lactones) is 1. The van der Waals surface area contributed by atoms with Crippen LogP contribution in [0, 0.1) is 0 Å². The third-order valence-electron chi connectivity index (χ3n) is 5.50. The fourth-order valence-corrected chi connectivity index (χ4v) is 5.13. The van der Waals surface area contributed by atoms with Gasteiger partial charge in [-0.15, -0.1) is 0 Å². The Morgan fingerprint density at radius 3 is 2.45 bits per heavy atom. The van der Waals surface area contributed by atoms with E-state index < -0.39 is 22.3 Å². The maximum Gasteiger partial charge on any atom is 0.358 e. The largest absolute Gasteiger partial charge is 0.497 e. The number of nitrogens with zero attached hydrogens (tertiary/aromatic N) is 3. The van der Waals surface area contributed by atoms with Gasteiger partial charge in [-0.3, -0.25) is 0 Å². The Kier molecular flexibility index (Phi) is 4.28. The number of hydrogen-bond acceptors (Lipinski definition) is 6. The smallest absolute Gasteiger partial charge is 0.358 e. The van der Waals surface area contributed by atoms with Crippen molar-refractivity contribution in [2.75, 3.05) is 21.2 Å². The lowest BCUT2D eigenvalue weighted by molar-refractivity contribution is 0.0453. The van der Waals surface area contributed by atoms with Crippen LogP contribution in [0.3, 0.4) is 0 Å². The molecule has 0 amide bonds. The average molecular weight is 437 g/mol. The first-order valence-electron chi connectivity index (χ1n) is 9.54. The van der Waals surface area contributed by atoms with E-state index >= 15 is 0 Å². The number of ether oxygens (including phenoxy) is 2. The molecule has 8 nitrogen and oxygen atoms in total. The number of pyridine rings is 1. The Labute approximate surface area is 178 Å². The summed E-state index contributed by atoms with van der Waals surface area (Å²) in [6.45, 7) is 0. The highest BCUT2D eigenvalue weighted by molar-refractivity contribution is 7.87. The summed E-state index contributed by atoms with van der Waals surface area (Å²) in [7, 11) is 0.687. The fraction of sp³-hybridized carbons (Fsp3) is 0.182. The van der Waals surface area contributed by atoms with Gasteiger partial charge in [0.25, 0.3) is 0 Å². The quantitative estimate of drug-likeness (QED) is 0.456. The molecule has 9 heteroatoms. The number of carbonyl (C=O) groups is 1. The van der Waals surface area contributed by atoms with E-state index in [1.807, 2.05) is 24.3 Å². The van der Waals surface area contributed by atoms with Gasteiger partial charge in [-0.25, -0.2) is 13.8 Å². The monoisotopic (exact) mass is 437 g/mol. The number of esters is 1. The zero-order valence-electron chi connectivity index (χ0n) is 17.1. The number of para-hydroxylation sites is 1. The van der Waals surface area contributed by atoms with E-state index in [0.29, 0.717) is 33.1 Å². The highest BCUT2D eigenvalue weighted by atomic mass is 32.2. The van der Waals surface area contributed by atoms with Crippen LogP contribution in [-0.2, 0) is 14.9 Å². The molecule has 1 unspecified atom stereocenters. The van der Waals surface area contributed by atoms with Crippen molar-refractivity contribution >= 4 is 38.0 Å². The number of rotatable bonds is 4. The van der Waals surface area contributed by atoms with Crippen LogP contribution in [0.4, 0.5) is 0 Å². The van der Waals surface area contributed by atoms with E-state index in [0.717, 1.165) is 9.87 Å². The molecular formula is C22H19N3O5S. The summed E-state index contributed by atoms with van der Waals surface area (Å²) < 4.78 is 39.6. The predicted octanol–water partition coefficient (Wildman–Crippen LogP) is 3.11. The summed E-state index contributed by atoms with van der Waals surface area (Å²) in [6.07, 6.45) is 0.721. The van der Waals surface area contributed by atoms with E-state index in [2.05, 4.69) is 4.98 Å². The van der Waals surface area contributed by atoms with Crippen molar-refractivity contribution < 1.29 is 22.7 Å². The van der Waals surface area contributed by atoms with Crippen LogP contribution in [0.15, 0.2) is 54.7 Å². The van der Waals surface area contributed by atoms with E-state index in [4.69, 9.17) is 9.47 Å². The molecule has 4 aromatic rings. The van der Waals surface area contributed by atoms with Gasteiger partial charge in [0.1, 0.15) is 5.75 Å². The molecule has 0 saturated carbocycles. The Bertz CT molecular complexity index is 1460. The van der Waals surface area contributed by atoms with E-state index in [1.54, 1.807) is 31.4 Å². The van der Waals surface area contributed by atoms with Crippen LogP contribution < -0.4 is 4.74 Å². The zero-order valence-corrected chi connectivity index (χ0v) is 17.9. The molecule has 1 aliphatic rings. The molecule has 0 radical (unpaired) electrons. The Morgan fingerprint density at radius 1 is 1.06 bits per heavy atom. The second kappa shape index (κ2) is 6.79. The van der Waals surface area contributed by atoms with Gasteiger partial charge in [0, 0.05) is 30.4 Å². The number of fused-ring (bicyclic) bond motifs is 5. The molecule has 0 bridgehead atoms. The third kappa shape index (κ3) is 2.74. The van der Waals surface area contributed by atoms with Gasteiger partial charge in [0.15, 0.2) is 11.8 Å². The molecule has 1 atom stereocenters. The van der Waals surface area contributed by atoms with Crippen LogP contribution in [0.5, 0.6) is 5.75 Å². The Balaban J connectivity index is 1.88. The Morgan fingerprint density at radius 2 is 1.77 bits per heavy atom.